The Morgan fingerprint density at radius 3 is 2.48 bits per heavy atom. The molecule has 0 radical (unpaired) electrons. The van der Waals surface area contributed by atoms with Crippen molar-refractivity contribution in [1.29, 1.82) is 0 Å². The second-order valence-electron chi connectivity index (χ2n) is 6.61. The summed E-state index contributed by atoms with van der Waals surface area (Å²) in [5.74, 6) is 0.141. The predicted molar refractivity (Wildman–Crippen MR) is 115 cm³/mol. The van der Waals surface area contributed by atoms with Crippen molar-refractivity contribution in [3.05, 3.63) is 81.6 Å². The second-order valence-corrected chi connectivity index (χ2v) is 6.61. The minimum atomic E-state index is -0.674. The van der Waals surface area contributed by atoms with E-state index in [2.05, 4.69) is 16.8 Å². The van der Waals surface area contributed by atoms with Crippen LogP contribution in [0, 0.1) is 6.92 Å². The first-order valence-corrected chi connectivity index (χ1v) is 9.69. The van der Waals surface area contributed by atoms with Crippen LogP contribution in [0.4, 0.5) is 0 Å². The monoisotopic (exact) mass is 396 g/mol. The summed E-state index contributed by atoms with van der Waals surface area (Å²) in [6.45, 7) is 11.7. The molecule has 6 nitrogen and oxygen atoms in total. The Balaban J connectivity index is 2.13. The van der Waals surface area contributed by atoms with Gasteiger partial charge in [-0.05, 0) is 62.6 Å². The molecule has 2 aromatic rings. The molecule has 0 aliphatic rings. The first-order valence-electron chi connectivity index (χ1n) is 9.69. The molecule has 0 aliphatic heterocycles. The van der Waals surface area contributed by atoms with Crippen LogP contribution in [0.5, 0.6) is 5.75 Å². The molecule has 1 heterocycles. The largest absolute Gasteiger partial charge is 0.508 e. The number of aromatic hydroxyl groups is 1. The first kappa shape index (κ1) is 22.0. The van der Waals surface area contributed by atoms with Gasteiger partial charge < -0.3 is 19.7 Å². The molecule has 6 heteroatoms. The van der Waals surface area contributed by atoms with Crippen LogP contribution in [0.3, 0.4) is 0 Å². The van der Waals surface area contributed by atoms with E-state index < -0.39 is 11.5 Å². The summed E-state index contributed by atoms with van der Waals surface area (Å²) >= 11 is 0. The molecule has 2 rings (SSSR count). The molecule has 1 aromatic heterocycles. The number of phenolic OH excluding ortho intramolecular Hbond substituents is 1. The van der Waals surface area contributed by atoms with Gasteiger partial charge in [0.05, 0.1) is 0 Å². The van der Waals surface area contributed by atoms with Gasteiger partial charge in [0.2, 0.25) is 0 Å². The third-order valence-corrected chi connectivity index (χ3v) is 4.67. The van der Waals surface area contributed by atoms with E-state index in [0.29, 0.717) is 24.3 Å². The summed E-state index contributed by atoms with van der Waals surface area (Å²) in [7, 11) is 0. The average Bonchev–Trinajstić information content (AvgIpc) is 2.71. The van der Waals surface area contributed by atoms with Gasteiger partial charge in [-0.25, -0.2) is 4.79 Å². The summed E-state index contributed by atoms with van der Waals surface area (Å²) in [5.41, 5.74) is 1.83. The molecule has 0 saturated carbocycles. The Labute approximate surface area is 171 Å². The van der Waals surface area contributed by atoms with E-state index in [1.165, 1.54) is 0 Å². The third-order valence-electron chi connectivity index (χ3n) is 4.67. The summed E-state index contributed by atoms with van der Waals surface area (Å²) in [6.07, 6.45) is 4.07. The van der Waals surface area contributed by atoms with Gasteiger partial charge in [0, 0.05) is 31.4 Å². The van der Waals surface area contributed by atoms with Gasteiger partial charge in [-0.15, -0.1) is 0 Å². The Bertz CT molecular complexity index is 938. The van der Waals surface area contributed by atoms with Gasteiger partial charge in [0.25, 0.3) is 5.91 Å². The highest BCUT2D eigenvalue weighted by molar-refractivity contribution is 5.94. The second kappa shape index (κ2) is 10.3. The minimum absolute atomic E-state index is 0.0200. The Morgan fingerprint density at radius 1 is 1.24 bits per heavy atom. The van der Waals surface area contributed by atoms with E-state index in [1.54, 1.807) is 49.4 Å². The summed E-state index contributed by atoms with van der Waals surface area (Å²) in [6, 6.07) is 8.31. The van der Waals surface area contributed by atoms with Crippen LogP contribution in [0.25, 0.3) is 6.08 Å². The van der Waals surface area contributed by atoms with Crippen molar-refractivity contribution in [2.45, 2.75) is 27.2 Å². The zero-order valence-electron chi connectivity index (χ0n) is 17.2. The maximum Gasteiger partial charge on any atom is 0.349 e. The van der Waals surface area contributed by atoms with Crippen molar-refractivity contribution >= 4 is 12.0 Å². The van der Waals surface area contributed by atoms with Gasteiger partial charge >= 0.3 is 5.63 Å². The first-order chi connectivity index (χ1) is 13.9. The molecule has 0 fully saturated rings. The molecule has 0 aliphatic carbocycles. The number of allylic oxidation sites excluding steroid dienone is 1. The fourth-order valence-electron chi connectivity index (χ4n) is 2.96. The molecule has 154 valence electrons. The van der Waals surface area contributed by atoms with E-state index in [4.69, 9.17) is 4.42 Å². The lowest BCUT2D eigenvalue weighted by Crippen LogP contribution is -2.30. The number of aryl methyl sites for hydroxylation is 1. The molecular formula is C23H28N2O4. The van der Waals surface area contributed by atoms with Gasteiger partial charge in [-0.3, -0.25) is 4.79 Å². The normalized spacial score (nSPS) is 11.2. The third kappa shape index (κ3) is 5.85. The van der Waals surface area contributed by atoms with Crippen molar-refractivity contribution in [2.75, 3.05) is 19.6 Å². The van der Waals surface area contributed by atoms with Crippen LogP contribution >= 0.6 is 0 Å². The van der Waals surface area contributed by atoms with E-state index >= 15 is 0 Å². The number of carbonyl (C=O) groups is 1. The predicted octanol–water partition coefficient (Wildman–Crippen LogP) is 3.50. The summed E-state index contributed by atoms with van der Waals surface area (Å²) in [4.78, 5) is 26.9. The molecule has 0 atom stereocenters. The minimum Gasteiger partial charge on any atom is -0.508 e. The van der Waals surface area contributed by atoms with Crippen molar-refractivity contribution in [3.63, 3.8) is 0 Å². The van der Waals surface area contributed by atoms with Crippen LogP contribution in [0.2, 0.25) is 0 Å². The van der Waals surface area contributed by atoms with Crippen molar-refractivity contribution in [1.82, 2.24) is 10.2 Å². The maximum absolute atomic E-state index is 12.4. The molecule has 29 heavy (non-hydrogen) atoms. The molecule has 1 aromatic carbocycles. The van der Waals surface area contributed by atoms with E-state index in [9.17, 15) is 14.7 Å². The molecule has 1 amide bonds. The molecule has 0 saturated heterocycles. The number of benzene rings is 1. The SMILES string of the molecule is C=C/C(=C\c1oc(=O)c(C(=O)NCCc2ccc(O)cc2)cc1C)N(CC)CC. The number of phenols is 1. The van der Waals surface area contributed by atoms with Crippen LogP contribution in [-0.4, -0.2) is 35.5 Å². The summed E-state index contributed by atoms with van der Waals surface area (Å²) < 4.78 is 5.41. The van der Waals surface area contributed by atoms with Crippen molar-refractivity contribution < 1.29 is 14.3 Å². The zero-order chi connectivity index (χ0) is 21.4. The number of hydrogen-bond donors (Lipinski definition) is 2. The van der Waals surface area contributed by atoms with E-state index in [0.717, 1.165) is 24.4 Å². The maximum atomic E-state index is 12.4. The van der Waals surface area contributed by atoms with Crippen molar-refractivity contribution in [2.24, 2.45) is 0 Å². The van der Waals surface area contributed by atoms with Crippen LogP contribution in [0.15, 0.2) is 57.9 Å². The number of rotatable bonds is 9. The fraction of sp³-hybridized carbons (Fsp3) is 0.304. The fourth-order valence-corrected chi connectivity index (χ4v) is 2.96. The Hall–Kier alpha value is -3.28. The van der Waals surface area contributed by atoms with Gasteiger partial charge in [0.1, 0.15) is 17.1 Å². The molecular weight excluding hydrogens is 368 g/mol. The highest BCUT2D eigenvalue weighted by Gasteiger charge is 2.15. The van der Waals surface area contributed by atoms with Crippen LogP contribution < -0.4 is 10.9 Å². The smallest absolute Gasteiger partial charge is 0.349 e. The Morgan fingerprint density at radius 2 is 1.90 bits per heavy atom. The Kier molecular flexibility index (Phi) is 7.83. The number of likely N-dealkylation sites (N-methyl/N-ethyl adjacent to an activating group) is 1. The zero-order valence-corrected chi connectivity index (χ0v) is 17.2. The van der Waals surface area contributed by atoms with Crippen LogP contribution in [0.1, 0.15) is 41.1 Å². The van der Waals surface area contributed by atoms with Gasteiger partial charge in [-0.2, -0.15) is 0 Å². The van der Waals surface area contributed by atoms with Gasteiger partial charge in [0.15, 0.2) is 0 Å². The lowest BCUT2D eigenvalue weighted by atomic mass is 10.1. The number of carbonyl (C=O) groups excluding carboxylic acids is 1. The topological polar surface area (TPSA) is 82.8 Å². The number of amides is 1. The standard InChI is InChI=1S/C23H28N2O4/c1-5-18(25(6-2)7-3)15-21-16(4)14-20(23(28)29-21)22(27)24-13-12-17-8-10-19(26)11-9-17/h5,8-11,14-15,26H,1,6-7,12-13H2,2-4H3,(H,24,27)/b18-15+. The highest BCUT2D eigenvalue weighted by atomic mass is 16.4. The molecule has 0 unspecified atom stereocenters. The number of hydrogen-bond acceptors (Lipinski definition) is 5. The highest BCUT2D eigenvalue weighted by Crippen LogP contribution is 2.15. The summed E-state index contributed by atoms with van der Waals surface area (Å²) in [5, 5.41) is 12.0. The quantitative estimate of drug-likeness (QED) is 0.634. The number of nitrogens with zero attached hydrogens (tertiary/aromatic N) is 1. The lowest BCUT2D eigenvalue weighted by molar-refractivity contribution is 0.0950. The van der Waals surface area contributed by atoms with Crippen molar-refractivity contribution in [3.8, 4) is 5.75 Å². The molecule has 0 spiro atoms. The molecule has 2 N–H and O–H groups in total. The van der Waals surface area contributed by atoms with Gasteiger partial charge in [-0.1, -0.05) is 18.7 Å². The van der Waals surface area contributed by atoms with E-state index in [-0.39, 0.29) is 11.3 Å². The van der Waals surface area contributed by atoms with E-state index in [1.807, 2.05) is 13.8 Å². The lowest BCUT2D eigenvalue weighted by Gasteiger charge is -2.22. The molecule has 0 bridgehead atoms. The average molecular weight is 396 g/mol. The van der Waals surface area contributed by atoms with Crippen LogP contribution in [-0.2, 0) is 6.42 Å². The number of nitrogens with one attached hydrogen (secondary N) is 1.